The van der Waals surface area contributed by atoms with E-state index in [0.717, 1.165) is 0 Å². The molecule has 0 radical (unpaired) electrons. The highest BCUT2D eigenvalue weighted by Crippen LogP contribution is 2.09. The maximum absolute atomic E-state index is 5.36. The van der Waals surface area contributed by atoms with Crippen molar-refractivity contribution in [3.63, 3.8) is 0 Å². The summed E-state index contributed by atoms with van der Waals surface area (Å²) in [6.07, 6.45) is 3.05. The van der Waals surface area contributed by atoms with Gasteiger partial charge < -0.3 is 0 Å². The van der Waals surface area contributed by atoms with E-state index in [-0.39, 0.29) is 4.49 Å². The van der Waals surface area contributed by atoms with E-state index in [1.54, 1.807) is 18.1 Å². The molecule has 0 unspecified atom stereocenters. The first-order valence-corrected chi connectivity index (χ1v) is 3.32. The Bertz CT molecular complexity index is 249. The zero-order chi connectivity index (χ0) is 7.56. The summed E-state index contributed by atoms with van der Waals surface area (Å²) in [4.78, 5) is 3.86. The molecule has 0 aliphatic rings. The van der Waals surface area contributed by atoms with Crippen LogP contribution in [0.25, 0.3) is 6.08 Å². The minimum atomic E-state index is 0.159. The van der Waals surface area contributed by atoms with Gasteiger partial charge in [-0.15, -0.1) is 0 Å². The highest BCUT2D eigenvalue weighted by Gasteiger charge is 1.93. The van der Waals surface area contributed by atoms with Crippen LogP contribution in [0, 0.1) is 0 Å². The van der Waals surface area contributed by atoms with Crippen LogP contribution in [0.15, 0.2) is 10.8 Å². The lowest BCUT2D eigenvalue weighted by atomic mass is 10.6. The van der Waals surface area contributed by atoms with Crippen molar-refractivity contribution in [1.29, 1.82) is 0 Å². The van der Waals surface area contributed by atoms with Crippen molar-refractivity contribution in [3.05, 3.63) is 16.6 Å². The topological polar surface area (TPSA) is 30.7 Å². The molecule has 0 fully saturated rings. The SMILES string of the molecule is Cn1cnc(C=C(Cl)Cl)n1. The van der Waals surface area contributed by atoms with Crippen LogP contribution < -0.4 is 0 Å². The Morgan fingerprint density at radius 1 is 1.70 bits per heavy atom. The van der Waals surface area contributed by atoms with E-state index in [0.29, 0.717) is 5.82 Å². The maximum Gasteiger partial charge on any atom is 0.176 e. The lowest BCUT2D eigenvalue weighted by Gasteiger charge is -1.81. The number of nitrogens with zero attached hydrogens (tertiary/aromatic N) is 3. The lowest BCUT2D eigenvalue weighted by molar-refractivity contribution is 0.763. The molecule has 0 aliphatic heterocycles. The van der Waals surface area contributed by atoms with Crippen LogP contribution in [0.1, 0.15) is 5.82 Å². The molecule has 0 saturated heterocycles. The van der Waals surface area contributed by atoms with Crippen LogP contribution in [0.4, 0.5) is 0 Å². The monoisotopic (exact) mass is 177 g/mol. The van der Waals surface area contributed by atoms with E-state index in [9.17, 15) is 0 Å². The Balaban J connectivity index is 2.86. The normalized spacial score (nSPS) is 9.50. The molecular weight excluding hydrogens is 173 g/mol. The summed E-state index contributed by atoms with van der Waals surface area (Å²) in [6, 6.07) is 0. The Kier molecular flexibility index (Phi) is 2.29. The molecule has 3 nitrogen and oxygen atoms in total. The standard InChI is InChI=1S/C5H5Cl2N3/c1-10-3-8-5(9-10)2-4(6)7/h2-3H,1H3. The summed E-state index contributed by atoms with van der Waals surface area (Å²) in [5.41, 5.74) is 0. The van der Waals surface area contributed by atoms with Crippen molar-refractivity contribution in [2.75, 3.05) is 0 Å². The minimum absolute atomic E-state index is 0.159. The number of rotatable bonds is 1. The fourth-order valence-electron chi connectivity index (χ4n) is 0.520. The quantitative estimate of drug-likeness (QED) is 0.653. The molecule has 10 heavy (non-hydrogen) atoms. The second-order valence-electron chi connectivity index (χ2n) is 1.71. The van der Waals surface area contributed by atoms with Gasteiger partial charge in [0.25, 0.3) is 0 Å². The first kappa shape index (κ1) is 7.57. The van der Waals surface area contributed by atoms with E-state index in [2.05, 4.69) is 10.1 Å². The molecule has 1 rings (SSSR count). The number of hydrogen-bond donors (Lipinski definition) is 0. The van der Waals surface area contributed by atoms with Crippen LogP contribution in [0.3, 0.4) is 0 Å². The van der Waals surface area contributed by atoms with Crippen molar-refractivity contribution in [2.45, 2.75) is 0 Å². The molecule has 5 heteroatoms. The average molecular weight is 178 g/mol. The van der Waals surface area contributed by atoms with E-state index in [4.69, 9.17) is 23.2 Å². The fourth-order valence-corrected chi connectivity index (χ4v) is 0.715. The molecule has 0 saturated carbocycles. The molecule has 0 amide bonds. The number of aryl methyl sites for hydroxylation is 1. The number of halogens is 2. The second kappa shape index (κ2) is 3.03. The molecule has 1 heterocycles. The maximum atomic E-state index is 5.36. The van der Waals surface area contributed by atoms with Crippen molar-refractivity contribution in [3.8, 4) is 0 Å². The van der Waals surface area contributed by atoms with Crippen LogP contribution in [-0.2, 0) is 7.05 Å². The van der Waals surface area contributed by atoms with Crippen LogP contribution in [0.5, 0.6) is 0 Å². The zero-order valence-corrected chi connectivity index (χ0v) is 6.76. The largest absolute Gasteiger partial charge is 0.255 e. The third-order valence-electron chi connectivity index (χ3n) is 0.856. The van der Waals surface area contributed by atoms with Gasteiger partial charge in [-0.1, -0.05) is 23.2 Å². The van der Waals surface area contributed by atoms with Gasteiger partial charge in [-0.2, -0.15) is 5.10 Å². The smallest absolute Gasteiger partial charge is 0.176 e. The van der Waals surface area contributed by atoms with Gasteiger partial charge >= 0.3 is 0 Å². The third-order valence-corrected chi connectivity index (χ3v) is 1.07. The van der Waals surface area contributed by atoms with Gasteiger partial charge in [-0.05, 0) is 0 Å². The van der Waals surface area contributed by atoms with Crippen molar-refractivity contribution in [2.24, 2.45) is 7.05 Å². The molecule has 0 N–H and O–H groups in total. The Morgan fingerprint density at radius 2 is 2.40 bits per heavy atom. The molecule has 0 aromatic carbocycles. The van der Waals surface area contributed by atoms with E-state index < -0.39 is 0 Å². The molecule has 54 valence electrons. The van der Waals surface area contributed by atoms with Gasteiger partial charge in [0, 0.05) is 13.1 Å². The third kappa shape index (κ3) is 2.01. The first-order valence-electron chi connectivity index (χ1n) is 2.57. The predicted molar refractivity (Wildman–Crippen MR) is 40.7 cm³/mol. The van der Waals surface area contributed by atoms with Crippen LogP contribution in [-0.4, -0.2) is 14.8 Å². The van der Waals surface area contributed by atoms with Crippen molar-refractivity contribution < 1.29 is 0 Å². The molecule has 1 aromatic rings. The Morgan fingerprint density at radius 3 is 2.80 bits per heavy atom. The van der Waals surface area contributed by atoms with Gasteiger partial charge in [-0.3, -0.25) is 4.68 Å². The summed E-state index contributed by atoms with van der Waals surface area (Å²) in [5.74, 6) is 0.516. The molecule has 0 aliphatic carbocycles. The Hall–Kier alpha value is -0.540. The summed E-state index contributed by atoms with van der Waals surface area (Å²) < 4.78 is 1.73. The lowest BCUT2D eigenvalue weighted by Crippen LogP contribution is -1.86. The van der Waals surface area contributed by atoms with E-state index >= 15 is 0 Å². The van der Waals surface area contributed by atoms with Gasteiger partial charge in [0.1, 0.15) is 10.8 Å². The predicted octanol–water partition coefficient (Wildman–Crippen LogP) is 1.59. The average Bonchev–Trinajstić information content (AvgIpc) is 2.13. The second-order valence-corrected chi connectivity index (χ2v) is 2.72. The molecule has 0 bridgehead atoms. The van der Waals surface area contributed by atoms with Crippen molar-refractivity contribution >= 4 is 29.3 Å². The molecule has 0 spiro atoms. The summed E-state index contributed by atoms with van der Waals surface area (Å²) in [6.45, 7) is 0. The highest BCUT2D eigenvalue weighted by molar-refractivity contribution is 6.57. The van der Waals surface area contributed by atoms with E-state index in [1.807, 2.05) is 0 Å². The van der Waals surface area contributed by atoms with Crippen LogP contribution >= 0.6 is 23.2 Å². The van der Waals surface area contributed by atoms with Gasteiger partial charge in [0.05, 0.1) is 0 Å². The minimum Gasteiger partial charge on any atom is -0.255 e. The van der Waals surface area contributed by atoms with E-state index in [1.165, 1.54) is 6.08 Å². The number of hydrogen-bond acceptors (Lipinski definition) is 2. The van der Waals surface area contributed by atoms with Gasteiger partial charge in [-0.25, -0.2) is 4.98 Å². The van der Waals surface area contributed by atoms with Crippen LogP contribution in [0.2, 0.25) is 0 Å². The summed E-state index contributed by atoms with van der Waals surface area (Å²) in [5, 5.41) is 3.91. The van der Waals surface area contributed by atoms with Crippen molar-refractivity contribution in [1.82, 2.24) is 14.8 Å². The molecule has 0 atom stereocenters. The molecule has 1 aromatic heterocycles. The molecular formula is C5H5Cl2N3. The van der Waals surface area contributed by atoms with Gasteiger partial charge in [0.15, 0.2) is 5.82 Å². The first-order chi connectivity index (χ1) is 4.68. The summed E-state index contributed by atoms with van der Waals surface area (Å²) in [7, 11) is 1.77. The fraction of sp³-hybridized carbons (Fsp3) is 0.200. The Labute approximate surface area is 68.3 Å². The van der Waals surface area contributed by atoms with Gasteiger partial charge in [0.2, 0.25) is 0 Å². The summed E-state index contributed by atoms with van der Waals surface area (Å²) >= 11 is 10.7. The highest BCUT2D eigenvalue weighted by atomic mass is 35.5. The zero-order valence-electron chi connectivity index (χ0n) is 5.25. The number of aromatic nitrogens is 3.